The fourth-order valence-corrected chi connectivity index (χ4v) is 3.01. The maximum atomic E-state index is 12.9. The average Bonchev–Trinajstić information content (AvgIpc) is 3.31. The average molecular weight is 469 g/mol. The van der Waals surface area contributed by atoms with Crippen molar-refractivity contribution in [3.05, 3.63) is 18.2 Å². The van der Waals surface area contributed by atoms with Crippen LogP contribution < -0.4 is 21.7 Å². The number of rotatable bonds is 14. The molecule has 12 nitrogen and oxygen atoms in total. The molecule has 0 aliphatic heterocycles. The van der Waals surface area contributed by atoms with Crippen LogP contribution in [0.2, 0.25) is 0 Å². The summed E-state index contributed by atoms with van der Waals surface area (Å²) in [5.41, 5.74) is 6.40. The lowest BCUT2D eigenvalue weighted by atomic mass is 9.97. The molecule has 3 amide bonds. The molecule has 0 bridgehead atoms. The molecule has 186 valence electrons. The number of aliphatic carboxylic acids is 1. The Morgan fingerprint density at radius 2 is 1.61 bits per heavy atom. The maximum absolute atomic E-state index is 12.9. The van der Waals surface area contributed by atoms with Gasteiger partial charge in [-0.05, 0) is 11.8 Å². The lowest BCUT2D eigenvalue weighted by Crippen LogP contribution is -2.60. The highest BCUT2D eigenvalue weighted by Gasteiger charge is 2.33. The number of hydrogen-bond donors (Lipinski definition) is 7. The highest BCUT2D eigenvalue weighted by Crippen LogP contribution is 2.10. The van der Waals surface area contributed by atoms with Crippen LogP contribution in [0, 0.1) is 11.8 Å². The molecule has 12 heteroatoms. The summed E-state index contributed by atoms with van der Waals surface area (Å²) in [5.74, 6) is -3.78. The number of H-pyrrole nitrogens is 1. The second-order valence-corrected chi connectivity index (χ2v) is 8.21. The normalized spacial score (nSPS) is 16.5. The number of aliphatic hydroxyl groups is 1. The highest BCUT2D eigenvalue weighted by molar-refractivity contribution is 5.94. The van der Waals surface area contributed by atoms with Gasteiger partial charge in [0, 0.05) is 18.3 Å². The number of imidazole rings is 1. The van der Waals surface area contributed by atoms with Crippen LogP contribution in [0.15, 0.2) is 12.5 Å². The van der Waals surface area contributed by atoms with Gasteiger partial charge in [-0.15, -0.1) is 0 Å². The van der Waals surface area contributed by atoms with Gasteiger partial charge in [0.15, 0.2) is 0 Å². The third-order valence-corrected chi connectivity index (χ3v) is 5.76. The van der Waals surface area contributed by atoms with Gasteiger partial charge in [0.1, 0.15) is 18.1 Å². The van der Waals surface area contributed by atoms with E-state index in [1.807, 2.05) is 13.8 Å². The van der Waals surface area contributed by atoms with E-state index in [-0.39, 0.29) is 18.3 Å². The predicted octanol–water partition coefficient (Wildman–Crippen LogP) is -1.10. The van der Waals surface area contributed by atoms with Gasteiger partial charge in [0.25, 0.3) is 0 Å². The zero-order chi connectivity index (χ0) is 25.1. The summed E-state index contributed by atoms with van der Waals surface area (Å²) >= 11 is 0. The molecule has 1 heterocycles. The zero-order valence-corrected chi connectivity index (χ0v) is 19.5. The number of carboxylic acid groups (broad SMARTS) is 1. The number of carboxylic acids is 1. The maximum Gasteiger partial charge on any atom is 0.326 e. The Labute approximate surface area is 193 Å². The van der Waals surface area contributed by atoms with Gasteiger partial charge < -0.3 is 36.9 Å². The number of nitrogens with zero attached hydrogens (tertiary/aromatic N) is 1. The van der Waals surface area contributed by atoms with Crippen LogP contribution in [0.4, 0.5) is 0 Å². The molecule has 1 aromatic rings. The summed E-state index contributed by atoms with van der Waals surface area (Å²) in [5, 5.41) is 26.5. The Bertz CT molecular complexity index is 786. The van der Waals surface area contributed by atoms with Crippen molar-refractivity contribution < 1.29 is 29.4 Å². The molecule has 0 aromatic carbocycles. The van der Waals surface area contributed by atoms with Crippen LogP contribution in [0.25, 0.3) is 0 Å². The quantitative estimate of drug-likeness (QED) is 0.178. The second kappa shape index (κ2) is 13.5. The van der Waals surface area contributed by atoms with Gasteiger partial charge in [-0.2, -0.15) is 0 Å². The Kier molecular flexibility index (Phi) is 11.5. The lowest BCUT2D eigenvalue weighted by molar-refractivity contribution is -0.142. The van der Waals surface area contributed by atoms with Gasteiger partial charge in [-0.3, -0.25) is 14.4 Å². The van der Waals surface area contributed by atoms with Crippen LogP contribution in [-0.4, -0.2) is 74.6 Å². The van der Waals surface area contributed by atoms with E-state index in [1.165, 1.54) is 12.5 Å². The zero-order valence-electron chi connectivity index (χ0n) is 19.5. The van der Waals surface area contributed by atoms with E-state index in [2.05, 4.69) is 25.9 Å². The number of aromatic nitrogens is 2. The Morgan fingerprint density at radius 1 is 1.00 bits per heavy atom. The topological polar surface area (TPSA) is 200 Å². The summed E-state index contributed by atoms with van der Waals surface area (Å²) in [6.07, 6.45) is 3.99. The summed E-state index contributed by atoms with van der Waals surface area (Å²) in [6.45, 7) is 6.51. The first-order valence-corrected chi connectivity index (χ1v) is 11.0. The standard InChI is InChI=1S/C21H36N6O6/c1-5-11(3)16(22)19(30)26-15(9-28)18(29)27-17(12(4)6-2)20(31)25-14(21(32)33)7-13-8-23-10-24-13/h8,10-12,14-17,28H,5-7,9,22H2,1-4H3,(H,23,24)(H,25,31)(H,26,30)(H,27,29)(H,32,33). The number of aliphatic hydroxyl groups excluding tert-OH is 1. The van der Waals surface area contributed by atoms with Crippen molar-refractivity contribution in [3.8, 4) is 0 Å². The van der Waals surface area contributed by atoms with Crippen molar-refractivity contribution >= 4 is 23.7 Å². The summed E-state index contributed by atoms with van der Waals surface area (Å²) in [4.78, 5) is 56.2. The third-order valence-electron chi connectivity index (χ3n) is 5.76. The fraction of sp³-hybridized carbons (Fsp3) is 0.667. The molecule has 0 aliphatic rings. The molecule has 0 spiro atoms. The molecule has 33 heavy (non-hydrogen) atoms. The third kappa shape index (κ3) is 8.46. The number of nitrogens with two attached hydrogens (primary N) is 1. The van der Waals surface area contributed by atoms with Crippen molar-refractivity contribution in [1.82, 2.24) is 25.9 Å². The molecule has 0 aliphatic carbocycles. The smallest absolute Gasteiger partial charge is 0.326 e. The van der Waals surface area contributed by atoms with E-state index in [1.54, 1.807) is 13.8 Å². The Hall–Kier alpha value is -2.99. The number of amides is 3. The van der Waals surface area contributed by atoms with E-state index >= 15 is 0 Å². The largest absolute Gasteiger partial charge is 0.480 e. The summed E-state index contributed by atoms with van der Waals surface area (Å²) in [6, 6.07) is -4.50. The molecule has 8 N–H and O–H groups in total. The van der Waals surface area contributed by atoms with Crippen LogP contribution in [0.5, 0.6) is 0 Å². The van der Waals surface area contributed by atoms with Gasteiger partial charge in [-0.25, -0.2) is 9.78 Å². The van der Waals surface area contributed by atoms with Crippen LogP contribution in [-0.2, 0) is 25.6 Å². The first kappa shape index (κ1) is 28.0. The van der Waals surface area contributed by atoms with E-state index in [0.29, 0.717) is 18.5 Å². The molecule has 0 radical (unpaired) electrons. The molecule has 0 saturated carbocycles. The number of carbonyl (C=O) groups excluding carboxylic acids is 3. The van der Waals surface area contributed by atoms with Gasteiger partial charge >= 0.3 is 5.97 Å². The number of aromatic amines is 1. The van der Waals surface area contributed by atoms with Crippen molar-refractivity contribution in [2.24, 2.45) is 17.6 Å². The molecular formula is C21H36N6O6. The Morgan fingerprint density at radius 3 is 2.09 bits per heavy atom. The molecule has 1 rings (SSSR count). The number of hydrogen-bond acceptors (Lipinski definition) is 7. The Balaban J connectivity index is 2.91. The number of nitrogens with one attached hydrogen (secondary N) is 4. The van der Waals surface area contributed by atoms with Crippen molar-refractivity contribution in [1.29, 1.82) is 0 Å². The highest BCUT2D eigenvalue weighted by atomic mass is 16.4. The minimum Gasteiger partial charge on any atom is -0.480 e. The molecular weight excluding hydrogens is 432 g/mol. The molecule has 0 fully saturated rings. The second-order valence-electron chi connectivity index (χ2n) is 8.21. The van der Waals surface area contributed by atoms with Crippen molar-refractivity contribution in [2.75, 3.05) is 6.61 Å². The first-order valence-electron chi connectivity index (χ1n) is 11.0. The number of carbonyl (C=O) groups is 4. The van der Waals surface area contributed by atoms with Gasteiger partial charge in [0.2, 0.25) is 17.7 Å². The van der Waals surface area contributed by atoms with E-state index in [9.17, 15) is 29.4 Å². The van der Waals surface area contributed by atoms with Gasteiger partial charge in [-0.1, -0.05) is 40.5 Å². The molecule has 6 unspecified atom stereocenters. The predicted molar refractivity (Wildman–Crippen MR) is 120 cm³/mol. The lowest BCUT2D eigenvalue weighted by Gasteiger charge is -2.28. The minimum atomic E-state index is -1.31. The SMILES string of the molecule is CCC(C)C(N)C(=O)NC(CO)C(=O)NC(C(=O)NC(Cc1cnc[nH]1)C(=O)O)C(C)CC. The summed E-state index contributed by atoms with van der Waals surface area (Å²) < 4.78 is 0. The van der Waals surface area contributed by atoms with E-state index in [0.717, 1.165) is 0 Å². The monoisotopic (exact) mass is 468 g/mol. The first-order chi connectivity index (χ1) is 15.5. The fourth-order valence-electron chi connectivity index (χ4n) is 3.01. The minimum absolute atomic E-state index is 0.0227. The van der Waals surface area contributed by atoms with E-state index < -0.39 is 54.5 Å². The van der Waals surface area contributed by atoms with Crippen molar-refractivity contribution in [3.63, 3.8) is 0 Å². The van der Waals surface area contributed by atoms with E-state index in [4.69, 9.17) is 5.73 Å². The molecule has 0 saturated heterocycles. The van der Waals surface area contributed by atoms with Crippen molar-refractivity contribution in [2.45, 2.75) is 71.1 Å². The summed E-state index contributed by atoms with van der Waals surface area (Å²) in [7, 11) is 0. The van der Waals surface area contributed by atoms with Crippen LogP contribution in [0.3, 0.4) is 0 Å². The van der Waals surface area contributed by atoms with Gasteiger partial charge in [0.05, 0.1) is 19.0 Å². The van der Waals surface area contributed by atoms with Crippen LogP contribution >= 0.6 is 0 Å². The van der Waals surface area contributed by atoms with Crippen LogP contribution in [0.1, 0.15) is 46.2 Å². The molecule has 6 atom stereocenters. The molecule has 1 aromatic heterocycles.